The van der Waals surface area contributed by atoms with Crippen molar-refractivity contribution in [3.05, 3.63) is 70.6 Å². The number of benzene rings is 2. The van der Waals surface area contributed by atoms with E-state index in [0.717, 1.165) is 38.8 Å². The summed E-state index contributed by atoms with van der Waals surface area (Å²) in [5, 5.41) is 5.15. The zero-order chi connectivity index (χ0) is 17.4. The molecule has 4 heteroatoms. The summed E-state index contributed by atoms with van der Waals surface area (Å²) in [5.74, 6) is -0.0795. The molecule has 0 aliphatic heterocycles. The summed E-state index contributed by atoms with van der Waals surface area (Å²) in [4.78, 5) is 18.9. The van der Waals surface area contributed by atoms with E-state index in [0.29, 0.717) is 4.88 Å². The average Bonchev–Trinajstić information content (AvgIpc) is 3.03. The van der Waals surface area contributed by atoms with Crippen LogP contribution in [0.1, 0.15) is 27.7 Å². The lowest BCUT2D eigenvalue weighted by molar-refractivity contribution is 0.103. The smallest absolute Gasteiger partial charge is 0.265 e. The monoisotopic (exact) mass is 346 g/mol. The number of pyridine rings is 1. The Labute approximate surface area is 150 Å². The SMILES string of the molecule is CCc1ccccc1NC(=O)c1cc2cc3cc(C)ccc3nc2s1. The summed E-state index contributed by atoms with van der Waals surface area (Å²) in [6, 6.07) is 18.2. The lowest BCUT2D eigenvalue weighted by atomic mass is 10.1. The van der Waals surface area contributed by atoms with Crippen LogP contribution in [-0.2, 0) is 6.42 Å². The molecular formula is C21H18N2OS. The van der Waals surface area contributed by atoms with Gasteiger partial charge in [0, 0.05) is 16.5 Å². The van der Waals surface area contributed by atoms with Gasteiger partial charge in [-0.25, -0.2) is 4.98 Å². The molecule has 1 amide bonds. The second-order valence-corrected chi connectivity index (χ2v) is 7.19. The highest BCUT2D eigenvalue weighted by Crippen LogP contribution is 2.28. The van der Waals surface area contributed by atoms with E-state index in [9.17, 15) is 4.79 Å². The highest BCUT2D eigenvalue weighted by Gasteiger charge is 2.13. The molecule has 0 fully saturated rings. The molecular weight excluding hydrogens is 328 g/mol. The summed E-state index contributed by atoms with van der Waals surface area (Å²) in [6.45, 7) is 4.16. The molecule has 2 heterocycles. The van der Waals surface area contributed by atoms with E-state index in [2.05, 4.69) is 37.4 Å². The number of hydrogen-bond donors (Lipinski definition) is 1. The number of rotatable bonds is 3. The fourth-order valence-corrected chi connectivity index (χ4v) is 3.92. The molecule has 0 aliphatic rings. The largest absolute Gasteiger partial charge is 0.321 e. The van der Waals surface area contributed by atoms with Crippen LogP contribution in [0, 0.1) is 6.92 Å². The molecule has 1 N–H and O–H groups in total. The van der Waals surface area contributed by atoms with Gasteiger partial charge in [-0.2, -0.15) is 0 Å². The zero-order valence-electron chi connectivity index (χ0n) is 14.2. The van der Waals surface area contributed by atoms with E-state index in [4.69, 9.17) is 4.98 Å². The molecule has 0 aliphatic carbocycles. The second-order valence-electron chi connectivity index (χ2n) is 6.15. The molecule has 0 atom stereocenters. The average molecular weight is 346 g/mol. The maximum Gasteiger partial charge on any atom is 0.265 e. The number of aryl methyl sites for hydroxylation is 2. The molecule has 3 nitrogen and oxygen atoms in total. The quantitative estimate of drug-likeness (QED) is 0.527. The Kier molecular flexibility index (Phi) is 3.98. The van der Waals surface area contributed by atoms with Gasteiger partial charge in [-0.1, -0.05) is 36.8 Å². The number of hydrogen-bond acceptors (Lipinski definition) is 3. The van der Waals surface area contributed by atoms with Crippen LogP contribution < -0.4 is 5.32 Å². The first-order chi connectivity index (χ1) is 12.1. The molecule has 2 aromatic carbocycles. The number of fused-ring (bicyclic) bond motifs is 2. The van der Waals surface area contributed by atoms with Crippen molar-refractivity contribution in [2.75, 3.05) is 5.32 Å². The number of amides is 1. The minimum absolute atomic E-state index is 0.0795. The summed E-state index contributed by atoms with van der Waals surface area (Å²) >= 11 is 1.43. The molecule has 0 spiro atoms. The molecule has 0 unspecified atom stereocenters. The highest BCUT2D eigenvalue weighted by molar-refractivity contribution is 7.20. The third kappa shape index (κ3) is 3.01. The minimum Gasteiger partial charge on any atom is -0.321 e. The fraction of sp³-hybridized carbons (Fsp3) is 0.143. The first-order valence-corrected chi connectivity index (χ1v) is 9.16. The van der Waals surface area contributed by atoms with Gasteiger partial charge in [0.2, 0.25) is 0 Å². The van der Waals surface area contributed by atoms with Crippen molar-refractivity contribution in [2.24, 2.45) is 0 Å². The first kappa shape index (κ1) is 15.8. The maximum atomic E-state index is 12.7. The van der Waals surface area contributed by atoms with Crippen LogP contribution in [0.15, 0.2) is 54.6 Å². The standard InChI is InChI=1S/C21H18N2OS/c1-3-14-6-4-5-7-17(14)22-20(24)19-12-16-11-15-10-13(2)8-9-18(15)23-21(16)25-19/h4-12H,3H2,1-2H3,(H,22,24). The lowest BCUT2D eigenvalue weighted by Gasteiger charge is -2.08. The van der Waals surface area contributed by atoms with Gasteiger partial charge in [-0.3, -0.25) is 4.79 Å². The van der Waals surface area contributed by atoms with Gasteiger partial charge in [0.05, 0.1) is 10.4 Å². The van der Waals surface area contributed by atoms with Crippen LogP contribution in [0.2, 0.25) is 0 Å². The Hall–Kier alpha value is -2.72. The van der Waals surface area contributed by atoms with E-state index in [1.54, 1.807) is 0 Å². The van der Waals surface area contributed by atoms with Crippen molar-refractivity contribution in [3.63, 3.8) is 0 Å². The third-order valence-corrected chi connectivity index (χ3v) is 5.37. The van der Waals surface area contributed by atoms with E-state index in [1.807, 2.05) is 36.4 Å². The van der Waals surface area contributed by atoms with Crippen LogP contribution in [0.25, 0.3) is 21.1 Å². The minimum atomic E-state index is -0.0795. The normalized spacial score (nSPS) is 11.1. The van der Waals surface area contributed by atoms with Gasteiger partial charge in [0.15, 0.2) is 0 Å². The summed E-state index contributed by atoms with van der Waals surface area (Å²) in [5.41, 5.74) is 4.18. The Balaban J connectivity index is 1.71. The number of nitrogens with one attached hydrogen (secondary N) is 1. The van der Waals surface area contributed by atoms with Crippen molar-refractivity contribution in [2.45, 2.75) is 20.3 Å². The molecule has 124 valence electrons. The number of para-hydroxylation sites is 1. The van der Waals surface area contributed by atoms with E-state index in [-0.39, 0.29) is 5.91 Å². The van der Waals surface area contributed by atoms with Crippen LogP contribution in [0.3, 0.4) is 0 Å². The Morgan fingerprint density at radius 1 is 1.08 bits per heavy atom. The number of anilines is 1. The topological polar surface area (TPSA) is 42.0 Å². The molecule has 0 saturated heterocycles. The van der Waals surface area contributed by atoms with E-state index >= 15 is 0 Å². The predicted molar refractivity (Wildman–Crippen MR) is 106 cm³/mol. The van der Waals surface area contributed by atoms with Gasteiger partial charge < -0.3 is 5.32 Å². The molecule has 25 heavy (non-hydrogen) atoms. The summed E-state index contributed by atoms with van der Waals surface area (Å²) in [6.07, 6.45) is 0.884. The van der Waals surface area contributed by atoms with Crippen molar-refractivity contribution in [1.29, 1.82) is 0 Å². The summed E-state index contributed by atoms with van der Waals surface area (Å²) in [7, 11) is 0. The van der Waals surface area contributed by atoms with Gasteiger partial charge in [-0.05, 0) is 49.2 Å². The number of thiophene rings is 1. The van der Waals surface area contributed by atoms with Crippen LogP contribution in [0.5, 0.6) is 0 Å². The second kappa shape index (κ2) is 6.30. The molecule has 0 bridgehead atoms. The molecule has 4 rings (SSSR count). The molecule has 2 aromatic heterocycles. The highest BCUT2D eigenvalue weighted by atomic mass is 32.1. The van der Waals surface area contributed by atoms with Gasteiger partial charge in [0.25, 0.3) is 5.91 Å². The molecule has 0 radical (unpaired) electrons. The molecule has 0 saturated carbocycles. The number of nitrogens with zero attached hydrogens (tertiary/aromatic N) is 1. The van der Waals surface area contributed by atoms with Crippen molar-refractivity contribution < 1.29 is 4.79 Å². The number of aromatic nitrogens is 1. The lowest BCUT2D eigenvalue weighted by Crippen LogP contribution is -2.11. The summed E-state index contributed by atoms with van der Waals surface area (Å²) < 4.78 is 0. The van der Waals surface area contributed by atoms with Crippen molar-refractivity contribution in [1.82, 2.24) is 4.98 Å². The Morgan fingerprint density at radius 2 is 1.92 bits per heavy atom. The van der Waals surface area contributed by atoms with Gasteiger partial charge in [-0.15, -0.1) is 11.3 Å². The van der Waals surface area contributed by atoms with Crippen LogP contribution >= 0.6 is 11.3 Å². The maximum absolute atomic E-state index is 12.7. The first-order valence-electron chi connectivity index (χ1n) is 8.34. The van der Waals surface area contributed by atoms with E-state index in [1.165, 1.54) is 16.9 Å². The number of carbonyl (C=O) groups is 1. The van der Waals surface area contributed by atoms with Crippen LogP contribution in [0.4, 0.5) is 5.69 Å². The molecule has 4 aromatic rings. The van der Waals surface area contributed by atoms with Gasteiger partial charge in [0.1, 0.15) is 4.83 Å². The predicted octanol–water partition coefficient (Wildman–Crippen LogP) is 5.57. The third-order valence-electron chi connectivity index (χ3n) is 4.33. The van der Waals surface area contributed by atoms with Crippen LogP contribution in [-0.4, -0.2) is 10.9 Å². The van der Waals surface area contributed by atoms with Crippen molar-refractivity contribution in [3.8, 4) is 0 Å². The number of carbonyl (C=O) groups excluding carboxylic acids is 1. The fourth-order valence-electron chi connectivity index (χ4n) is 3.00. The zero-order valence-corrected chi connectivity index (χ0v) is 15.0. The van der Waals surface area contributed by atoms with E-state index < -0.39 is 0 Å². The Bertz CT molecular complexity index is 1100. The Morgan fingerprint density at radius 3 is 2.76 bits per heavy atom. The van der Waals surface area contributed by atoms with Gasteiger partial charge >= 0.3 is 0 Å². The van der Waals surface area contributed by atoms with Crippen molar-refractivity contribution >= 4 is 44.1 Å².